The van der Waals surface area contributed by atoms with Crippen LogP contribution >= 0.6 is 0 Å². The second kappa shape index (κ2) is 4.80. The number of anilines is 1. The molecule has 21 heavy (non-hydrogen) atoms. The number of hydrogen-bond donors (Lipinski definition) is 0. The lowest BCUT2D eigenvalue weighted by Crippen LogP contribution is -2.26. The lowest BCUT2D eigenvalue weighted by molar-refractivity contribution is 0.585. The highest BCUT2D eigenvalue weighted by Crippen LogP contribution is 2.40. The Morgan fingerprint density at radius 2 is 1.81 bits per heavy atom. The SMILES string of the molecule is O=S1(=O)C2C=C(c3cnc(N4CCCC4)nc3)CC1CC2. The van der Waals surface area contributed by atoms with Crippen LogP contribution in [0.5, 0.6) is 0 Å². The van der Waals surface area contributed by atoms with Gasteiger partial charge in [-0.1, -0.05) is 6.08 Å². The van der Waals surface area contributed by atoms with Crippen molar-refractivity contribution in [3.8, 4) is 0 Å². The second-order valence-electron chi connectivity index (χ2n) is 6.19. The zero-order valence-electron chi connectivity index (χ0n) is 11.9. The number of allylic oxidation sites excluding steroid dienone is 1. The topological polar surface area (TPSA) is 63.2 Å². The summed E-state index contributed by atoms with van der Waals surface area (Å²) in [6.45, 7) is 2.06. The monoisotopic (exact) mass is 305 g/mol. The van der Waals surface area contributed by atoms with Crippen LogP contribution in [0.2, 0.25) is 0 Å². The van der Waals surface area contributed by atoms with Crippen molar-refractivity contribution >= 4 is 21.4 Å². The summed E-state index contributed by atoms with van der Waals surface area (Å²) >= 11 is 0. The smallest absolute Gasteiger partial charge is 0.225 e. The van der Waals surface area contributed by atoms with Crippen LogP contribution < -0.4 is 4.90 Å². The van der Waals surface area contributed by atoms with Crippen LogP contribution in [0.1, 0.15) is 37.7 Å². The summed E-state index contributed by atoms with van der Waals surface area (Å²) < 4.78 is 24.2. The van der Waals surface area contributed by atoms with Gasteiger partial charge in [0.1, 0.15) is 0 Å². The maximum Gasteiger partial charge on any atom is 0.225 e. The summed E-state index contributed by atoms with van der Waals surface area (Å²) in [5, 5.41) is -0.481. The maximum atomic E-state index is 12.1. The van der Waals surface area contributed by atoms with Crippen molar-refractivity contribution in [3.05, 3.63) is 24.0 Å². The van der Waals surface area contributed by atoms with Crippen molar-refractivity contribution in [1.82, 2.24) is 9.97 Å². The fraction of sp³-hybridized carbons (Fsp3) is 0.600. The third-order valence-corrected chi connectivity index (χ3v) is 7.44. The summed E-state index contributed by atoms with van der Waals surface area (Å²) in [6, 6.07) is 0. The van der Waals surface area contributed by atoms with E-state index in [4.69, 9.17) is 0 Å². The Morgan fingerprint density at radius 3 is 2.48 bits per heavy atom. The Kier molecular flexibility index (Phi) is 3.03. The molecule has 3 aliphatic heterocycles. The summed E-state index contributed by atoms with van der Waals surface area (Å²) in [5.74, 6) is 0.795. The molecule has 2 bridgehead atoms. The molecule has 2 unspecified atom stereocenters. The van der Waals surface area contributed by atoms with Crippen molar-refractivity contribution < 1.29 is 8.42 Å². The van der Waals surface area contributed by atoms with E-state index in [9.17, 15) is 8.42 Å². The lowest BCUT2D eigenvalue weighted by atomic mass is 10.0. The molecule has 5 nitrogen and oxygen atoms in total. The first-order valence-corrected chi connectivity index (χ1v) is 9.26. The van der Waals surface area contributed by atoms with Crippen LogP contribution in [0.3, 0.4) is 0 Å². The van der Waals surface area contributed by atoms with Crippen molar-refractivity contribution in [2.75, 3.05) is 18.0 Å². The van der Waals surface area contributed by atoms with Gasteiger partial charge in [0.25, 0.3) is 0 Å². The van der Waals surface area contributed by atoms with Gasteiger partial charge in [0, 0.05) is 31.0 Å². The maximum absolute atomic E-state index is 12.1. The Labute approximate surface area is 125 Å². The van der Waals surface area contributed by atoms with E-state index in [0.29, 0.717) is 6.42 Å². The highest BCUT2D eigenvalue weighted by molar-refractivity contribution is 7.93. The average molecular weight is 305 g/mol. The normalized spacial score (nSPS) is 30.5. The average Bonchev–Trinajstić information content (AvgIpc) is 3.02. The Morgan fingerprint density at radius 1 is 1.10 bits per heavy atom. The van der Waals surface area contributed by atoms with Crippen LogP contribution in [0.25, 0.3) is 5.57 Å². The molecular weight excluding hydrogens is 286 g/mol. The lowest BCUT2D eigenvalue weighted by Gasteiger charge is -2.21. The second-order valence-corrected chi connectivity index (χ2v) is 8.64. The zero-order valence-corrected chi connectivity index (χ0v) is 12.7. The fourth-order valence-electron chi connectivity index (χ4n) is 3.64. The van der Waals surface area contributed by atoms with Gasteiger partial charge in [-0.3, -0.25) is 0 Å². The van der Waals surface area contributed by atoms with Crippen molar-refractivity contribution in [3.63, 3.8) is 0 Å². The van der Waals surface area contributed by atoms with Gasteiger partial charge in [0.2, 0.25) is 5.95 Å². The molecule has 0 aromatic carbocycles. The van der Waals surface area contributed by atoms with E-state index in [1.807, 2.05) is 18.5 Å². The van der Waals surface area contributed by atoms with Crippen LogP contribution in [0.15, 0.2) is 18.5 Å². The Bertz CT molecular complexity index is 675. The van der Waals surface area contributed by atoms with Crippen molar-refractivity contribution in [2.45, 2.75) is 42.6 Å². The highest BCUT2D eigenvalue weighted by Gasteiger charge is 2.43. The van der Waals surface area contributed by atoms with Crippen LogP contribution in [-0.2, 0) is 9.84 Å². The molecule has 0 spiro atoms. The molecule has 1 aromatic rings. The molecular formula is C15H19N3O2S. The van der Waals surface area contributed by atoms with Gasteiger partial charge in [0.05, 0.1) is 10.5 Å². The van der Waals surface area contributed by atoms with E-state index >= 15 is 0 Å². The largest absolute Gasteiger partial charge is 0.341 e. The zero-order chi connectivity index (χ0) is 14.4. The summed E-state index contributed by atoms with van der Waals surface area (Å²) in [4.78, 5) is 11.1. The molecule has 2 saturated heterocycles. The minimum atomic E-state index is -2.92. The van der Waals surface area contributed by atoms with Crippen LogP contribution in [0, 0.1) is 0 Å². The van der Waals surface area contributed by atoms with Gasteiger partial charge in [-0.2, -0.15) is 0 Å². The molecule has 0 aliphatic carbocycles. The quantitative estimate of drug-likeness (QED) is 0.834. The fourth-order valence-corrected chi connectivity index (χ4v) is 5.83. The molecule has 2 fully saturated rings. The molecule has 0 amide bonds. The van der Waals surface area contributed by atoms with Gasteiger partial charge < -0.3 is 4.90 Å². The number of hydrogen-bond acceptors (Lipinski definition) is 5. The number of sulfone groups is 1. The molecule has 0 N–H and O–H groups in total. The molecule has 1 aromatic heterocycles. The minimum absolute atomic E-state index is 0.194. The van der Waals surface area contributed by atoms with Crippen LogP contribution in [-0.4, -0.2) is 42.0 Å². The van der Waals surface area contributed by atoms with Crippen LogP contribution in [0.4, 0.5) is 5.95 Å². The predicted molar refractivity (Wildman–Crippen MR) is 81.8 cm³/mol. The molecule has 3 aliphatic rings. The highest BCUT2D eigenvalue weighted by atomic mass is 32.2. The number of rotatable bonds is 2. The van der Waals surface area contributed by atoms with E-state index in [1.54, 1.807) is 0 Å². The third kappa shape index (κ3) is 2.16. The van der Waals surface area contributed by atoms with Gasteiger partial charge in [0.15, 0.2) is 9.84 Å². The van der Waals surface area contributed by atoms with Gasteiger partial charge in [-0.05, 0) is 37.7 Å². The summed E-state index contributed by atoms with van der Waals surface area (Å²) in [5.41, 5.74) is 2.08. The van der Waals surface area contributed by atoms with E-state index in [0.717, 1.165) is 43.0 Å². The first-order chi connectivity index (χ1) is 10.1. The first kappa shape index (κ1) is 13.2. The molecule has 6 heteroatoms. The van der Waals surface area contributed by atoms with E-state index < -0.39 is 9.84 Å². The summed E-state index contributed by atoms with van der Waals surface area (Å²) in [6.07, 6.45) is 10.2. The van der Waals surface area contributed by atoms with E-state index in [2.05, 4.69) is 14.9 Å². The minimum Gasteiger partial charge on any atom is -0.341 e. The molecule has 4 heterocycles. The molecule has 112 valence electrons. The third-order valence-electron chi connectivity index (χ3n) is 4.89. The Balaban J connectivity index is 1.60. The van der Waals surface area contributed by atoms with Gasteiger partial charge in [-0.15, -0.1) is 0 Å². The van der Waals surface area contributed by atoms with Gasteiger partial charge >= 0.3 is 0 Å². The molecule has 4 rings (SSSR count). The van der Waals surface area contributed by atoms with Crippen molar-refractivity contribution in [1.29, 1.82) is 0 Å². The number of aromatic nitrogens is 2. The predicted octanol–water partition coefficient (Wildman–Crippen LogP) is 1.81. The number of fused-ring (bicyclic) bond motifs is 2. The molecule has 2 atom stereocenters. The first-order valence-electron chi connectivity index (χ1n) is 7.65. The van der Waals surface area contributed by atoms with Gasteiger partial charge in [-0.25, -0.2) is 18.4 Å². The molecule has 0 radical (unpaired) electrons. The van der Waals surface area contributed by atoms with E-state index in [-0.39, 0.29) is 10.5 Å². The van der Waals surface area contributed by atoms with Crippen molar-refractivity contribution in [2.24, 2.45) is 0 Å². The summed E-state index contributed by atoms with van der Waals surface area (Å²) in [7, 11) is -2.92. The Hall–Kier alpha value is -1.43. The number of nitrogens with zero attached hydrogens (tertiary/aromatic N) is 3. The standard InChI is InChI=1S/C15H19N3O2S/c19-21(20)13-3-4-14(21)8-11(7-13)12-9-16-15(17-10-12)18-5-1-2-6-18/h7,9-10,13-14H,1-6,8H2. The van der Waals surface area contributed by atoms with E-state index in [1.165, 1.54) is 12.8 Å². The molecule has 0 saturated carbocycles.